The van der Waals surface area contributed by atoms with E-state index in [1.807, 2.05) is 4.90 Å². The number of halogens is 1. The number of carbonyl (C=O) groups excluding carboxylic acids is 4. The zero-order valence-corrected chi connectivity index (χ0v) is 18.6. The van der Waals surface area contributed by atoms with Crippen LogP contribution < -0.4 is 15.1 Å². The topological polar surface area (TPSA) is 133 Å². The predicted molar refractivity (Wildman–Crippen MR) is 123 cm³/mol. The Bertz CT molecular complexity index is 1270. The zero-order valence-electron chi connectivity index (χ0n) is 18.6. The lowest BCUT2D eigenvalue weighted by atomic mass is 10.0. The second-order valence-electron chi connectivity index (χ2n) is 7.93. The number of non-ortho nitro benzene ring substituents is 1. The van der Waals surface area contributed by atoms with Crippen LogP contribution in [-0.4, -0.2) is 59.8 Å². The Kier molecular flexibility index (Phi) is 6.28. The molecule has 11 nitrogen and oxygen atoms in total. The molecular weight excluding hydrogens is 461 g/mol. The molecule has 2 heterocycles. The maximum absolute atomic E-state index is 13.3. The van der Waals surface area contributed by atoms with Gasteiger partial charge in [0.15, 0.2) is 0 Å². The minimum Gasteiger partial charge on any atom is -0.367 e. The van der Waals surface area contributed by atoms with Gasteiger partial charge < -0.3 is 9.80 Å². The van der Waals surface area contributed by atoms with E-state index in [0.29, 0.717) is 36.8 Å². The van der Waals surface area contributed by atoms with Gasteiger partial charge in [0.1, 0.15) is 11.4 Å². The third-order valence-corrected chi connectivity index (χ3v) is 5.77. The third-order valence-electron chi connectivity index (χ3n) is 5.77. The number of nitro groups is 1. The Hall–Kier alpha value is -4.61. The molecular formula is C23H20FN5O6. The number of nitrogens with zero attached hydrogens (tertiary/aromatic N) is 4. The fourth-order valence-corrected chi connectivity index (χ4v) is 3.96. The van der Waals surface area contributed by atoms with Gasteiger partial charge in [0.25, 0.3) is 17.5 Å². The number of benzene rings is 2. The number of imide groups is 2. The van der Waals surface area contributed by atoms with E-state index in [2.05, 4.69) is 5.32 Å². The standard InChI is InChI=1S/C23H20FN5O6/c1-14(30)26-8-10-27(11-9-26)20-7-6-18(29(34)35)12-15(20)13-19-21(31)25-23(33)28(22(19)32)17-4-2-16(24)3-5-17/h2-7,12-13H,8-11H2,1H3,(H,25,31,33)/b19-13-. The van der Waals surface area contributed by atoms with Gasteiger partial charge in [-0.25, -0.2) is 14.1 Å². The Labute approximate surface area is 198 Å². The van der Waals surface area contributed by atoms with Gasteiger partial charge in [-0.3, -0.25) is 29.8 Å². The highest BCUT2D eigenvalue weighted by molar-refractivity contribution is 6.39. The monoisotopic (exact) mass is 481 g/mol. The van der Waals surface area contributed by atoms with Crippen molar-refractivity contribution in [2.24, 2.45) is 0 Å². The van der Waals surface area contributed by atoms with Crippen molar-refractivity contribution >= 4 is 46.9 Å². The number of hydrogen-bond acceptors (Lipinski definition) is 7. The second kappa shape index (κ2) is 9.33. The first-order chi connectivity index (χ1) is 16.7. The first kappa shape index (κ1) is 23.5. The van der Waals surface area contributed by atoms with Crippen LogP contribution in [-0.2, 0) is 14.4 Å². The van der Waals surface area contributed by atoms with Crippen molar-refractivity contribution in [2.75, 3.05) is 36.0 Å². The lowest BCUT2D eigenvalue weighted by Gasteiger charge is -2.36. The number of piperazine rings is 1. The average molecular weight is 481 g/mol. The summed E-state index contributed by atoms with van der Waals surface area (Å²) in [4.78, 5) is 64.8. The lowest BCUT2D eigenvalue weighted by Crippen LogP contribution is -2.54. The van der Waals surface area contributed by atoms with Crippen LogP contribution in [0.15, 0.2) is 48.0 Å². The van der Waals surface area contributed by atoms with E-state index in [0.717, 1.165) is 12.1 Å². The van der Waals surface area contributed by atoms with E-state index in [1.165, 1.54) is 43.3 Å². The number of nitrogens with one attached hydrogen (secondary N) is 1. The first-order valence-electron chi connectivity index (χ1n) is 10.6. The molecule has 0 unspecified atom stereocenters. The highest BCUT2D eigenvalue weighted by Crippen LogP contribution is 2.30. The van der Waals surface area contributed by atoms with E-state index in [9.17, 15) is 33.7 Å². The highest BCUT2D eigenvalue weighted by Gasteiger charge is 2.37. The summed E-state index contributed by atoms with van der Waals surface area (Å²) in [7, 11) is 0. The third kappa shape index (κ3) is 4.71. The summed E-state index contributed by atoms with van der Waals surface area (Å²) < 4.78 is 13.3. The molecule has 4 rings (SSSR count). The van der Waals surface area contributed by atoms with Crippen molar-refractivity contribution < 1.29 is 28.5 Å². The Morgan fingerprint density at radius 1 is 1.06 bits per heavy atom. The van der Waals surface area contributed by atoms with E-state index >= 15 is 0 Å². The van der Waals surface area contributed by atoms with Gasteiger partial charge >= 0.3 is 6.03 Å². The van der Waals surface area contributed by atoms with Crippen LogP contribution in [0, 0.1) is 15.9 Å². The molecule has 0 aromatic heterocycles. The second-order valence-corrected chi connectivity index (χ2v) is 7.93. The molecule has 0 bridgehead atoms. The summed E-state index contributed by atoms with van der Waals surface area (Å²) in [6.07, 6.45) is 1.19. The van der Waals surface area contributed by atoms with Crippen LogP contribution in [0.25, 0.3) is 6.08 Å². The molecule has 0 atom stereocenters. The number of anilines is 2. The molecule has 5 amide bonds. The molecule has 0 saturated carbocycles. The van der Waals surface area contributed by atoms with Crippen LogP contribution in [0.5, 0.6) is 0 Å². The molecule has 2 aromatic rings. The van der Waals surface area contributed by atoms with Crippen molar-refractivity contribution in [2.45, 2.75) is 6.92 Å². The van der Waals surface area contributed by atoms with Gasteiger partial charge in [0, 0.05) is 56.5 Å². The van der Waals surface area contributed by atoms with Gasteiger partial charge in [-0.1, -0.05) is 0 Å². The minimum atomic E-state index is -0.997. The smallest absolute Gasteiger partial charge is 0.335 e. The van der Waals surface area contributed by atoms with E-state index < -0.39 is 34.2 Å². The summed E-state index contributed by atoms with van der Waals surface area (Å²) in [5.41, 5.74) is 0.127. The van der Waals surface area contributed by atoms with Crippen LogP contribution in [0.1, 0.15) is 12.5 Å². The van der Waals surface area contributed by atoms with Gasteiger partial charge in [-0.15, -0.1) is 0 Å². The van der Waals surface area contributed by atoms with Gasteiger partial charge in [0.05, 0.1) is 10.6 Å². The highest BCUT2D eigenvalue weighted by atomic mass is 19.1. The van der Waals surface area contributed by atoms with Gasteiger partial charge in [-0.2, -0.15) is 0 Å². The Balaban J connectivity index is 1.74. The van der Waals surface area contributed by atoms with Crippen LogP contribution in [0.3, 0.4) is 0 Å². The lowest BCUT2D eigenvalue weighted by molar-refractivity contribution is -0.384. The molecule has 2 aliphatic heterocycles. The summed E-state index contributed by atoms with van der Waals surface area (Å²) >= 11 is 0. The molecule has 1 N–H and O–H groups in total. The van der Waals surface area contributed by atoms with Crippen molar-refractivity contribution in [3.05, 3.63) is 69.5 Å². The fourth-order valence-electron chi connectivity index (χ4n) is 3.96. The fraction of sp³-hybridized carbons (Fsp3) is 0.217. The van der Waals surface area contributed by atoms with Crippen molar-refractivity contribution in [3.63, 3.8) is 0 Å². The van der Waals surface area contributed by atoms with Gasteiger partial charge in [-0.05, 0) is 36.4 Å². The molecule has 2 saturated heterocycles. The maximum Gasteiger partial charge on any atom is 0.335 e. The van der Waals surface area contributed by atoms with E-state index in [1.54, 1.807) is 4.90 Å². The van der Waals surface area contributed by atoms with Crippen LogP contribution in [0.2, 0.25) is 0 Å². The number of rotatable bonds is 4. The normalized spacial score (nSPS) is 17.6. The molecule has 0 aliphatic carbocycles. The largest absolute Gasteiger partial charge is 0.367 e. The van der Waals surface area contributed by atoms with E-state index in [4.69, 9.17) is 0 Å². The molecule has 2 fully saturated rings. The Morgan fingerprint density at radius 2 is 1.71 bits per heavy atom. The molecule has 2 aliphatic rings. The van der Waals surface area contributed by atoms with Crippen LogP contribution in [0.4, 0.5) is 26.2 Å². The van der Waals surface area contributed by atoms with E-state index in [-0.39, 0.29) is 22.8 Å². The number of amides is 5. The zero-order chi connectivity index (χ0) is 25.3. The first-order valence-corrected chi connectivity index (χ1v) is 10.6. The molecule has 35 heavy (non-hydrogen) atoms. The SMILES string of the molecule is CC(=O)N1CCN(c2ccc([N+](=O)[O-])cc2/C=C2/C(=O)NC(=O)N(c3ccc(F)cc3)C2=O)CC1. The predicted octanol–water partition coefficient (Wildman–Crippen LogP) is 2.07. The number of urea groups is 1. The van der Waals surface area contributed by atoms with Crippen LogP contribution >= 0.6 is 0 Å². The van der Waals surface area contributed by atoms with Crippen molar-refractivity contribution in [1.82, 2.24) is 10.2 Å². The van der Waals surface area contributed by atoms with Crippen molar-refractivity contribution in [3.8, 4) is 0 Å². The molecule has 0 radical (unpaired) electrons. The number of nitro benzene ring substituents is 1. The minimum absolute atomic E-state index is 0.0481. The molecule has 0 spiro atoms. The van der Waals surface area contributed by atoms with Crippen molar-refractivity contribution in [1.29, 1.82) is 0 Å². The summed E-state index contributed by atoms with van der Waals surface area (Å²) in [6.45, 7) is 3.23. The summed E-state index contributed by atoms with van der Waals surface area (Å²) in [6, 6.07) is 7.63. The quantitative estimate of drug-likeness (QED) is 0.306. The Morgan fingerprint density at radius 3 is 2.31 bits per heavy atom. The maximum atomic E-state index is 13.3. The van der Waals surface area contributed by atoms with Gasteiger partial charge in [0.2, 0.25) is 5.91 Å². The number of hydrogen-bond donors (Lipinski definition) is 1. The average Bonchev–Trinajstić information content (AvgIpc) is 2.82. The summed E-state index contributed by atoms with van der Waals surface area (Å²) in [5, 5.41) is 13.5. The molecule has 12 heteroatoms. The molecule has 180 valence electrons. The number of carbonyl (C=O) groups is 4. The molecule has 2 aromatic carbocycles. The summed E-state index contributed by atoms with van der Waals surface area (Å²) in [5.74, 6) is -2.55. The number of barbiturate groups is 1.